The number of aromatic nitrogens is 4. The second kappa shape index (κ2) is 5.70. The van der Waals surface area contributed by atoms with Gasteiger partial charge in [-0.3, -0.25) is 14.3 Å². The molecule has 9 nitrogen and oxygen atoms in total. The second-order valence-electron chi connectivity index (χ2n) is 5.17. The van der Waals surface area contributed by atoms with Gasteiger partial charge in [0.05, 0.1) is 19.3 Å². The zero-order valence-electron chi connectivity index (χ0n) is 12.1. The van der Waals surface area contributed by atoms with Crippen LogP contribution in [0, 0.1) is 0 Å². The van der Waals surface area contributed by atoms with Crippen LogP contribution < -0.4 is 16.6 Å². The summed E-state index contributed by atoms with van der Waals surface area (Å²) in [7, 11) is 1.50. The summed E-state index contributed by atoms with van der Waals surface area (Å²) in [5.74, 6) is 0.360. The van der Waals surface area contributed by atoms with Gasteiger partial charge in [-0.15, -0.1) is 0 Å². The van der Waals surface area contributed by atoms with E-state index in [4.69, 9.17) is 5.11 Å². The molecule has 0 unspecified atom stereocenters. The third kappa shape index (κ3) is 2.83. The molecule has 0 radical (unpaired) electrons. The van der Waals surface area contributed by atoms with Crippen molar-refractivity contribution in [2.75, 3.05) is 11.9 Å². The third-order valence-corrected chi connectivity index (χ3v) is 3.03. The maximum Gasteiger partial charge on any atom is 0.329 e. The van der Waals surface area contributed by atoms with Crippen LogP contribution in [0.15, 0.2) is 9.59 Å². The fourth-order valence-electron chi connectivity index (χ4n) is 2.05. The van der Waals surface area contributed by atoms with Crippen molar-refractivity contribution in [3.8, 4) is 0 Å². The first-order chi connectivity index (χ1) is 9.85. The lowest BCUT2D eigenvalue weighted by molar-refractivity contribution is 0.0824. The van der Waals surface area contributed by atoms with Crippen molar-refractivity contribution in [1.29, 1.82) is 0 Å². The molecule has 4 N–H and O–H groups in total. The summed E-state index contributed by atoms with van der Waals surface area (Å²) >= 11 is 0. The first kappa shape index (κ1) is 15.3. The third-order valence-electron chi connectivity index (χ3n) is 3.03. The number of anilines is 1. The molecule has 0 saturated heterocycles. The normalized spacial score (nSPS) is 13.0. The van der Waals surface area contributed by atoms with Crippen molar-refractivity contribution in [3.63, 3.8) is 0 Å². The summed E-state index contributed by atoms with van der Waals surface area (Å²) in [5, 5.41) is 21.7. The Kier molecular flexibility index (Phi) is 4.14. The molecule has 0 aromatic carbocycles. The second-order valence-corrected chi connectivity index (χ2v) is 5.17. The van der Waals surface area contributed by atoms with E-state index in [9.17, 15) is 14.7 Å². The molecule has 1 atom stereocenters. The molecular weight excluding hydrogens is 278 g/mol. The Morgan fingerprint density at radius 2 is 2.05 bits per heavy atom. The van der Waals surface area contributed by atoms with E-state index in [1.54, 1.807) is 0 Å². The van der Waals surface area contributed by atoms with E-state index < -0.39 is 24.0 Å². The fraction of sp³-hybridized carbons (Fsp3) is 0.583. The van der Waals surface area contributed by atoms with Gasteiger partial charge in [-0.25, -0.2) is 4.79 Å². The van der Waals surface area contributed by atoms with E-state index in [1.807, 2.05) is 13.8 Å². The van der Waals surface area contributed by atoms with Crippen molar-refractivity contribution in [2.45, 2.75) is 32.5 Å². The molecule has 2 aromatic rings. The van der Waals surface area contributed by atoms with Crippen LogP contribution in [0.5, 0.6) is 0 Å². The van der Waals surface area contributed by atoms with Gasteiger partial charge in [-0.05, 0) is 13.8 Å². The monoisotopic (exact) mass is 297 g/mol. The fourth-order valence-corrected chi connectivity index (χ4v) is 2.05. The van der Waals surface area contributed by atoms with E-state index in [0.29, 0.717) is 5.95 Å². The zero-order valence-corrected chi connectivity index (χ0v) is 12.1. The van der Waals surface area contributed by atoms with Crippen molar-refractivity contribution >= 4 is 17.1 Å². The van der Waals surface area contributed by atoms with Crippen LogP contribution in [0.3, 0.4) is 0 Å². The van der Waals surface area contributed by atoms with E-state index in [2.05, 4.69) is 15.3 Å². The Morgan fingerprint density at radius 3 is 2.62 bits per heavy atom. The Balaban J connectivity index is 2.73. The van der Waals surface area contributed by atoms with E-state index in [-0.39, 0.29) is 23.8 Å². The molecule has 9 heteroatoms. The number of nitrogens with zero attached hydrogens (tertiary/aromatic N) is 3. The molecule has 21 heavy (non-hydrogen) atoms. The quantitative estimate of drug-likeness (QED) is 0.538. The number of imidazole rings is 1. The number of aliphatic hydroxyl groups is 2. The lowest BCUT2D eigenvalue weighted by atomic mass is 10.3. The molecule has 2 rings (SSSR count). The van der Waals surface area contributed by atoms with Gasteiger partial charge in [0.2, 0.25) is 5.95 Å². The Morgan fingerprint density at radius 1 is 1.38 bits per heavy atom. The first-order valence-corrected chi connectivity index (χ1v) is 6.60. The minimum Gasteiger partial charge on any atom is -0.394 e. The Hall–Kier alpha value is -2.13. The molecule has 0 aliphatic carbocycles. The Labute approximate surface area is 119 Å². The predicted octanol–water partition coefficient (Wildman–Crippen LogP) is -1.40. The number of aromatic amines is 1. The van der Waals surface area contributed by atoms with E-state index >= 15 is 0 Å². The van der Waals surface area contributed by atoms with Crippen LogP contribution in [-0.2, 0) is 13.6 Å². The van der Waals surface area contributed by atoms with Gasteiger partial charge in [0.1, 0.15) is 0 Å². The first-order valence-electron chi connectivity index (χ1n) is 6.60. The molecule has 0 amide bonds. The number of nitrogens with one attached hydrogen (secondary N) is 2. The smallest absolute Gasteiger partial charge is 0.329 e. The van der Waals surface area contributed by atoms with Crippen molar-refractivity contribution < 1.29 is 10.2 Å². The number of fused-ring (bicyclic) bond motifs is 1. The van der Waals surface area contributed by atoms with Gasteiger partial charge in [0.15, 0.2) is 11.2 Å². The molecule has 0 bridgehead atoms. The lowest BCUT2D eigenvalue weighted by Gasteiger charge is -2.14. The summed E-state index contributed by atoms with van der Waals surface area (Å²) in [5.41, 5.74) is -0.747. The van der Waals surface area contributed by atoms with Crippen LogP contribution in [0.4, 0.5) is 5.95 Å². The standard InChI is InChI=1S/C12H19N5O4/c1-6(2)13-11-14-9-8(17(11)4-7(19)5-18)10(20)15-12(21)16(9)3/h6-7,18-19H,4-5H2,1-3H3,(H,13,14)(H,15,20,21)/t7-/m0/s1. The van der Waals surface area contributed by atoms with Gasteiger partial charge in [0.25, 0.3) is 5.56 Å². The largest absolute Gasteiger partial charge is 0.394 e. The number of hydrogen-bond donors (Lipinski definition) is 4. The highest BCUT2D eigenvalue weighted by Gasteiger charge is 2.19. The summed E-state index contributed by atoms with van der Waals surface area (Å²) in [6.07, 6.45) is -1.04. The number of rotatable bonds is 5. The van der Waals surface area contributed by atoms with Crippen LogP contribution in [0.25, 0.3) is 11.2 Å². The SMILES string of the molecule is CC(C)Nc1nc2c(c(=O)[nH]c(=O)n2C)n1C[C@H](O)CO. The van der Waals surface area contributed by atoms with Crippen molar-refractivity contribution in [3.05, 3.63) is 20.8 Å². The number of hydrogen-bond acceptors (Lipinski definition) is 6. The molecule has 2 heterocycles. The summed E-state index contributed by atoms with van der Waals surface area (Å²) in [6, 6.07) is 0.0444. The number of aryl methyl sites for hydroxylation is 1. The van der Waals surface area contributed by atoms with Gasteiger partial charge >= 0.3 is 5.69 Å². The average molecular weight is 297 g/mol. The molecular formula is C12H19N5O4. The van der Waals surface area contributed by atoms with Gasteiger partial charge in [-0.2, -0.15) is 4.98 Å². The van der Waals surface area contributed by atoms with Gasteiger partial charge in [0, 0.05) is 13.1 Å². The Bertz CT molecular complexity index is 757. The molecule has 0 fully saturated rings. The molecule has 116 valence electrons. The zero-order chi connectivity index (χ0) is 15.7. The molecule has 0 aliphatic heterocycles. The summed E-state index contributed by atoms with van der Waals surface area (Å²) in [6.45, 7) is 3.35. The lowest BCUT2D eigenvalue weighted by Crippen LogP contribution is -2.30. The molecule has 0 aliphatic rings. The van der Waals surface area contributed by atoms with E-state index in [1.165, 1.54) is 16.2 Å². The minimum absolute atomic E-state index is 0.0106. The molecule has 0 saturated carbocycles. The molecule has 2 aromatic heterocycles. The van der Waals surface area contributed by atoms with Crippen molar-refractivity contribution in [2.24, 2.45) is 7.05 Å². The van der Waals surface area contributed by atoms with Gasteiger partial charge < -0.3 is 20.1 Å². The number of aliphatic hydroxyl groups excluding tert-OH is 2. The molecule has 0 spiro atoms. The predicted molar refractivity (Wildman–Crippen MR) is 77.4 cm³/mol. The topological polar surface area (TPSA) is 125 Å². The van der Waals surface area contributed by atoms with Crippen LogP contribution in [-0.4, -0.2) is 48.1 Å². The summed E-state index contributed by atoms with van der Waals surface area (Å²) in [4.78, 5) is 30.1. The summed E-state index contributed by atoms with van der Waals surface area (Å²) < 4.78 is 2.69. The van der Waals surface area contributed by atoms with Crippen LogP contribution >= 0.6 is 0 Å². The maximum absolute atomic E-state index is 12.0. The highest BCUT2D eigenvalue weighted by Crippen LogP contribution is 2.16. The average Bonchev–Trinajstić information content (AvgIpc) is 2.74. The van der Waals surface area contributed by atoms with Crippen LogP contribution in [0.1, 0.15) is 13.8 Å². The maximum atomic E-state index is 12.0. The van der Waals surface area contributed by atoms with Crippen molar-refractivity contribution in [1.82, 2.24) is 19.1 Å². The minimum atomic E-state index is -1.04. The van der Waals surface area contributed by atoms with Gasteiger partial charge in [-0.1, -0.05) is 0 Å². The highest BCUT2D eigenvalue weighted by atomic mass is 16.3. The number of H-pyrrole nitrogens is 1. The highest BCUT2D eigenvalue weighted by molar-refractivity contribution is 5.74. The van der Waals surface area contributed by atoms with E-state index in [0.717, 1.165) is 0 Å². The van der Waals surface area contributed by atoms with Crippen LogP contribution in [0.2, 0.25) is 0 Å².